The molecule has 3 nitrogen and oxygen atoms in total. The topological polar surface area (TPSA) is 30.7 Å². The van der Waals surface area contributed by atoms with Crippen molar-refractivity contribution in [3.05, 3.63) is 127 Å². The van der Waals surface area contributed by atoms with Crippen LogP contribution < -0.4 is 0 Å². The van der Waals surface area contributed by atoms with Crippen molar-refractivity contribution in [2.24, 2.45) is 0 Å². The standard InChI is InChI=1S/C32H21N3/c1-4-16-25-22(10-1)13-7-19-28(25)31-33-34-32(29-20-8-14-23-11-2-5-17-26(23)29)35(31)30-21-9-15-24-12-3-6-18-27(24)30/h1-21H. The zero-order valence-corrected chi connectivity index (χ0v) is 19.0. The lowest BCUT2D eigenvalue weighted by molar-refractivity contribution is 1.09. The summed E-state index contributed by atoms with van der Waals surface area (Å²) in [7, 11) is 0. The number of hydrogen-bond donors (Lipinski definition) is 0. The van der Waals surface area contributed by atoms with Gasteiger partial charge in [0.2, 0.25) is 0 Å². The molecular weight excluding hydrogens is 426 g/mol. The third kappa shape index (κ3) is 3.13. The molecule has 3 heteroatoms. The third-order valence-corrected chi connectivity index (χ3v) is 6.73. The van der Waals surface area contributed by atoms with E-state index in [2.05, 4.69) is 132 Å². The van der Waals surface area contributed by atoms with Crippen LogP contribution in [0.5, 0.6) is 0 Å². The highest BCUT2D eigenvalue weighted by molar-refractivity contribution is 5.99. The average Bonchev–Trinajstić information content (AvgIpc) is 3.36. The Balaban J connectivity index is 1.61. The molecule has 35 heavy (non-hydrogen) atoms. The summed E-state index contributed by atoms with van der Waals surface area (Å²) in [5.74, 6) is 1.67. The minimum Gasteiger partial charge on any atom is -0.274 e. The second kappa shape index (κ2) is 7.93. The second-order valence-corrected chi connectivity index (χ2v) is 8.73. The molecule has 7 aromatic rings. The number of benzene rings is 6. The van der Waals surface area contributed by atoms with E-state index < -0.39 is 0 Å². The van der Waals surface area contributed by atoms with Crippen molar-refractivity contribution in [2.75, 3.05) is 0 Å². The second-order valence-electron chi connectivity index (χ2n) is 8.73. The van der Waals surface area contributed by atoms with Crippen molar-refractivity contribution < 1.29 is 0 Å². The van der Waals surface area contributed by atoms with Gasteiger partial charge in [-0.2, -0.15) is 0 Å². The smallest absolute Gasteiger partial charge is 0.169 e. The lowest BCUT2D eigenvalue weighted by Gasteiger charge is -2.15. The van der Waals surface area contributed by atoms with Crippen LogP contribution in [0, 0.1) is 0 Å². The Labute approximate surface area is 202 Å². The first kappa shape index (κ1) is 19.7. The van der Waals surface area contributed by atoms with Crippen LogP contribution in [0.2, 0.25) is 0 Å². The molecule has 0 spiro atoms. The fourth-order valence-electron chi connectivity index (χ4n) is 5.11. The average molecular weight is 448 g/mol. The van der Waals surface area contributed by atoms with Gasteiger partial charge in [0, 0.05) is 16.5 Å². The van der Waals surface area contributed by atoms with Gasteiger partial charge in [-0.3, -0.25) is 4.57 Å². The number of rotatable bonds is 3. The largest absolute Gasteiger partial charge is 0.274 e. The van der Waals surface area contributed by atoms with Gasteiger partial charge in [0.1, 0.15) is 0 Å². The maximum absolute atomic E-state index is 4.82. The van der Waals surface area contributed by atoms with Crippen molar-refractivity contribution in [3.8, 4) is 28.5 Å². The maximum atomic E-state index is 4.82. The van der Waals surface area contributed by atoms with Crippen molar-refractivity contribution in [3.63, 3.8) is 0 Å². The van der Waals surface area contributed by atoms with E-state index in [4.69, 9.17) is 10.2 Å². The van der Waals surface area contributed by atoms with Gasteiger partial charge in [0.25, 0.3) is 0 Å². The summed E-state index contributed by atoms with van der Waals surface area (Å²) in [5.41, 5.74) is 3.20. The summed E-state index contributed by atoms with van der Waals surface area (Å²) < 4.78 is 2.23. The molecule has 0 saturated heterocycles. The zero-order chi connectivity index (χ0) is 23.2. The Kier molecular flexibility index (Phi) is 4.46. The molecule has 0 saturated carbocycles. The lowest BCUT2D eigenvalue weighted by atomic mass is 10.0. The van der Waals surface area contributed by atoms with E-state index >= 15 is 0 Å². The Morgan fingerprint density at radius 1 is 0.371 bits per heavy atom. The molecule has 0 aliphatic carbocycles. The minimum absolute atomic E-state index is 0.834. The van der Waals surface area contributed by atoms with Gasteiger partial charge in [-0.15, -0.1) is 10.2 Å². The van der Waals surface area contributed by atoms with E-state index in [0.717, 1.165) is 44.6 Å². The van der Waals surface area contributed by atoms with E-state index in [0.29, 0.717) is 0 Å². The van der Waals surface area contributed by atoms with Crippen LogP contribution >= 0.6 is 0 Å². The Hall–Kier alpha value is -4.76. The summed E-state index contributed by atoms with van der Waals surface area (Å²) in [4.78, 5) is 0. The van der Waals surface area contributed by atoms with Crippen molar-refractivity contribution in [1.82, 2.24) is 14.8 Å². The molecule has 0 radical (unpaired) electrons. The molecule has 0 aliphatic heterocycles. The Morgan fingerprint density at radius 3 is 1.31 bits per heavy atom. The number of nitrogens with zero attached hydrogens (tertiary/aromatic N) is 3. The number of hydrogen-bond acceptors (Lipinski definition) is 2. The minimum atomic E-state index is 0.834. The number of aromatic nitrogens is 3. The van der Waals surface area contributed by atoms with Crippen LogP contribution in [0.4, 0.5) is 0 Å². The van der Waals surface area contributed by atoms with Gasteiger partial charge in [0.15, 0.2) is 11.6 Å². The number of fused-ring (bicyclic) bond motifs is 3. The molecule has 1 aromatic heterocycles. The fourth-order valence-corrected chi connectivity index (χ4v) is 5.11. The van der Waals surface area contributed by atoms with E-state index in [1.807, 2.05) is 0 Å². The Morgan fingerprint density at radius 2 is 0.771 bits per heavy atom. The first-order valence-electron chi connectivity index (χ1n) is 11.8. The van der Waals surface area contributed by atoms with E-state index in [1.54, 1.807) is 0 Å². The van der Waals surface area contributed by atoms with Crippen LogP contribution in [0.25, 0.3) is 60.8 Å². The first-order chi connectivity index (χ1) is 17.4. The van der Waals surface area contributed by atoms with Crippen molar-refractivity contribution in [2.45, 2.75) is 0 Å². The van der Waals surface area contributed by atoms with Crippen LogP contribution in [-0.4, -0.2) is 14.8 Å². The maximum Gasteiger partial charge on any atom is 0.169 e. The molecule has 0 bridgehead atoms. The molecule has 6 aromatic carbocycles. The monoisotopic (exact) mass is 447 g/mol. The summed E-state index contributed by atoms with van der Waals surface area (Å²) in [6, 6.07) is 44.6. The fraction of sp³-hybridized carbons (Fsp3) is 0. The van der Waals surface area contributed by atoms with Crippen LogP contribution in [-0.2, 0) is 0 Å². The molecular formula is C32H21N3. The SMILES string of the molecule is c1ccc2c(-c3nnc(-c4cccc5ccccc45)n3-c3cccc4ccccc34)cccc2c1. The van der Waals surface area contributed by atoms with Crippen LogP contribution in [0.15, 0.2) is 127 Å². The van der Waals surface area contributed by atoms with Crippen LogP contribution in [0.3, 0.4) is 0 Å². The van der Waals surface area contributed by atoms with E-state index in [1.165, 1.54) is 16.2 Å². The predicted molar refractivity (Wildman–Crippen MR) is 145 cm³/mol. The summed E-state index contributed by atoms with van der Waals surface area (Å²) in [5, 5.41) is 16.7. The highest BCUT2D eigenvalue weighted by Crippen LogP contribution is 2.37. The molecule has 0 atom stereocenters. The van der Waals surface area contributed by atoms with Gasteiger partial charge >= 0.3 is 0 Å². The quantitative estimate of drug-likeness (QED) is 0.274. The highest BCUT2D eigenvalue weighted by atomic mass is 15.3. The highest BCUT2D eigenvalue weighted by Gasteiger charge is 2.21. The van der Waals surface area contributed by atoms with Gasteiger partial charge in [-0.25, -0.2) is 0 Å². The third-order valence-electron chi connectivity index (χ3n) is 6.73. The van der Waals surface area contributed by atoms with E-state index in [-0.39, 0.29) is 0 Å². The summed E-state index contributed by atoms with van der Waals surface area (Å²) in [6.45, 7) is 0. The van der Waals surface area contributed by atoms with Gasteiger partial charge in [-0.1, -0.05) is 121 Å². The van der Waals surface area contributed by atoms with Gasteiger partial charge in [0.05, 0.1) is 5.69 Å². The molecule has 0 unspecified atom stereocenters. The van der Waals surface area contributed by atoms with Gasteiger partial charge < -0.3 is 0 Å². The van der Waals surface area contributed by atoms with Gasteiger partial charge in [-0.05, 0) is 33.0 Å². The van der Waals surface area contributed by atoms with E-state index in [9.17, 15) is 0 Å². The molecule has 164 valence electrons. The molecule has 0 amide bonds. The molecule has 0 N–H and O–H groups in total. The predicted octanol–water partition coefficient (Wildman–Crippen LogP) is 8.06. The van der Waals surface area contributed by atoms with Crippen molar-refractivity contribution >= 4 is 32.3 Å². The Bertz CT molecular complexity index is 1750. The molecule has 1 heterocycles. The molecule has 0 aliphatic rings. The summed E-state index contributed by atoms with van der Waals surface area (Å²) >= 11 is 0. The molecule has 0 fully saturated rings. The normalized spacial score (nSPS) is 11.4. The van der Waals surface area contributed by atoms with Crippen LogP contribution in [0.1, 0.15) is 0 Å². The zero-order valence-electron chi connectivity index (χ0n) is 19.0. The van der Waals surface area contributed by atoms with Crippen molar-refractivity contribution in [1.29, 1.82) is 0 Å². The first-order valence-corrected chi connectivity index (χ1v) is 11.8. The lowest BCUT2D eigenvalue weighted by Crippen LogP contribution is -2.02. The summed E-state index contributed by atoms with van der Waals surface area (Å²) in [6.07, 6.45) is 0. The molecule has 7 rings (SSSR count).